The van der Waals surface area contributed by atoms with E-state index in [-0.39, 0.29) is 40.4 Å². The summed E-state index contributed by atoms with van der Waals surface area (Å²) in [6.45, 7) is 3.03. The van der Waals surface area contributed by atoms with Crippen LogP contribution in [-0.4, -0.2) is 52.1 Å². The normalized spacial score (nSPS) is 16.2. The average Bonchev–Trinajstić information content (AvgIpc) is 3.30. The number of methoxy groups -OCH3 is 1. The van der Waals surface area contributed by atoms with Crippen LogP contribution >= 0.6 is 11.6 Å². The van der Waals surface area contributed by atoms with Gasteiger partial charge in [-0.15, -0.1) is 0 Å². The molecule has 0 saturated carbocycles. The first-order valence-corrected chi connectivity index (χ1v) is 12.1. The van der Waals surface area contributed by atoms with E-state index in [1.54, 1.807) is 13.0 Å². The zero-order valence-electron chi connectivity index (χ0n) is 17.9. The lowest BCUT2D eigenvalue weighted by molar-refractivity contribution is 0.0752. The van der Waals surface area contributed by atoms with E-state index in [2.05, 4.69) is 4.72 Å². The molecule has 7 nitrogen and oxygen atoms in total. The number of nitrogens with one attached hydrogen (secondary N) is 1. The molecule has 1 unspecified atom stereocenters. The Labute approximate surface area is 192 Å². The molecule has 1 aliphatic heterocycles. The predicted octanol–water partition coefficient (Wildman–Crippen LogP) is 3.61. The molecule has 1 fully saturated rings. The van der Waals surface area contributed by atoms with Crippen LogP contribution in [0.1, 0.15) is 35.7 Å². The predicted molar refractivity (Wildman–Crippen MR) is 119 cm³/mol. The van der Waals surface area contributed by atoms with Crippen LogP contribution in [0.2, 0.25) is 5.02 Å². The molecule has 1 N–H and O–H groups in total. The molecule has 0 radical (unpaired) electrons. The van der Waals surface area contributed by atoms with E-state index < -0.39 is 21.7 Å². The highest BCUT2D eigenvalue weighted by atomic mass is 35.5. The number of carbonyl (C=O) groups excluding carboxylic acids is 1. The maximum atomic E-state index is 14.0. The molecule has 1 saturated heterocycles. The second-order valence-electron chi connectivity index (χ2n) is 7.42. The van der Waals surface area contributed by atoms with Gasteiger partial charge in [0, 0.05) is 31.8 Å². The van der Waals surface area contributed by atoms with Gasteiger partial charge in [-0.1, -0.05) is 17.7 Å². The fraction of sp³-hybridized carbons (Fsp3) is 0.409. The molecule has 0 spiro atoms. The Morgan fingerprint density at radius 2 is 2.09 bits per heavy atom. The molecule has 10 heteroatoms. The minimum Gasteiger partial charge on any atom is -0.494 e. The van der Waals surface area contributed by atoms with E-state index in [4.69, 9.17) is 21.1 Å². The largest absolute Gasteiger partial charge is 0.494 e. The lowest BCUT2D eigenvalue weighted by Gasteiger charge is -2.22. The van der Waals surface area contributed by atoms with Crippen molar-refractivity contribution in [3.63, 3.8) is 0 Å². The number of nitrogens with zero attached hydrogens (tertiary/aromatic N) is 1. The highest BCUT2D eigenvalue weighted by molar-refractivity contribution is 7.89. The van der Waals surface area contributed by atoms with Crippen LogP contribution in [0.3, 0.4) is 0 Å². The molecule has 1 amide bonds. The summed E-state index contributed by atoms with van der Waals surface area (Å²) < 4.78 is 52.5. The molecule has 0 aromatic heterocycles. The minimum absolute atomic E-state index is 0.0154. The molecule has 0 aliphatic carbocycles. The van der Waals surface area contributed by atoms with Gasteiger partial charge in [0.1, 0.15) is 4.90 Å². The third kappa shape index (κ3) is 5.78. The Bertz CT molecular complexity index is 1070. The van der Waals surface area contributed by atoms with Gasteiger partial charge in [-0.2, -0.15) is 0 Å². The number of hydrogen-bond acceptors (Lipinski definition) is 5. The summed E-state index contributed by atoms with van der Waals surface area (Å²) in [4.78, 5) is 14.4. The minimum atomic E-state index is -3.94. The second kappa shape index (κ2) is 10.6. The van der Waals surface area contributed by atoms with Crippen molar-refractivity contribution in [1.82, 2.24) is 9.62 Å². The van der Waals surface area contributed by atoms with Crippen LogP contribution in [0.15, 0.2) is 41.3 Å². The van der Waals surface area contributed by atoms with Crippen molar-refractivity contribution in [2.45, 2.75) is 37.3 Å². The van der Waals surface area contributed by atoms with E-state index in [9.17, 15) is 17.6 Å². The van der Waals surface area contributed by atoms with Crippen molar-refractivity contribution < 1.29 is 27.1 Å². The van der Waals surface area contributed by atoms with Crippen LogP contribution in [0, 0.1) is 5.82 Å². The fourth-order valence-electron chi connectivity index (χ4n) is 3.47. The number of ether oxygens (including phenoxy) is 2. The van der Waals surface area contributed by atoms with E-state index in [1.165, 1.54) is 42.3 Å². The summed E-state index contributed by atoms with van der Waals surface area (Å²) in [6.07, 6.45) is 1.50. The monoisotopic (exact) mass is 484 g/mol. The van der Waals surface area contributed by atoms with E-state index in [0.717, 1.165) is 12.8 Å². The van der Waals surface area contributed by atoms with Crippen LogP contribution in [0.5, 0.6) is 5.75 Å². The average molecular weight is 485 g/mol. The molecule has 2 aromatic rings. The van der Waals surface area contributed by atoms with Gasteiger partial charge in [-0.25, -0.2) is 17.5 Å². The molecule has 3 rings (SSSR count). The summed E-state index contributed by atoms with van der Waals surface area (Å²) in [5.41, 5.74) is 0.751. The molecule has 1 aliphatic rings. The Hall–Kier alpha value is -2.20. The second-order valence-corrected chi connectivity index (χ2v) is 9.56. The van der Waals surface area contributed by atoms with Gasteiger partial charge in [0.2, 0.25) is 10.0 Å². The van der Waals surface area contributed by atoms with Gasteiger partial charge in [0.15, 0.2) is 11.6 Å². The van der Waals surface area contributed by atoms with Crippen molar-refractivity contribution in [1.29, 1.82) is 0 Å². The van der Waals surface area contributed by atoms with Gasteiger partial charge >= 0.3 is 0 Å². The first-order chi connectivity index (χ1) is 15.2. The molecule has 1 heterocycles. The quantitative estimate of drug-likeness (QED) is 0.587. The highest BCUT2D eigenvalue weighted by Crippen LogP contribution is 2.25. The smallest absolute Gasteiger partial charge is 0.254 e. The maximum Gasteiger partial charge on any atom is 0.254 e. The van der Waals surface area contributed by atoms with Crippen molar-refractivity contribution in [3.05, 3.63) is 58.4 Å². The Morgan fingerprint density at radius 3 is 2.72 bits per heavy atom. The number of hydrogen-bond donors (Lipinski definition) is 1. The summed E-state index contributed by atoms with van der Waals surface area (Å²) in [5, 5.41) is 0.0154. The Kier molecular flexibility index (Phi) is 8.10. The summed E-state index contributed by atoms with van der Waals surface area (Å²) >= 11 is 6.14. The van der Waals surface area contributed by atoms with Crippen molar-refractivity contribution in [2.75, 3.05) is 26.8 Å². The van der Waals surface area contributed by atoms with Gasteiger partial charge in [0.05, 0.1) is 18.2 Å². The van der Waals surface area contributed by atoms with E-state index >= 15 is 0 Å². The number of rotatable bonds is 9. The first-order valence-electron chi connectivity index (χ1n) is 10.3. The van der Waals surface area contributed by atoms with Crippen LogP contribution in [0.25, 0.3) is 0 Å². The van der Waals surface area contributed by atoms with Gasteiger partial charge in [-0.3, -0.25) is 4.79 Å². The zero-order chi connectivity index (χ0) is 23.3. The zero-order valence-corrected chi connectivity index (χ0v) is 19.5. The van der Waals surface area contributed by atoms with Crippen LogP contribution in [0.4, 0.5) is 4.39 Å². The third-order valence-corrected chi connectivity index (χ3v) is 7.16. The number of amides is 1. The SMILES string of the molecule is CCN(Cc1ccc(OC)c(F)c1)C(=O)c1ccc(Cl)c(S(=O)(=O)NCC2CCCO2)c1. The number of carbonyl (C=O) groups is 1. The van der Waals surface area contributed by atoms with Crippen LogP contribution in [-0.2, 0) is 21.3 Å². The summed E-state index contributed by atoms with van der Waals surface area (Å²) in [6, 6.07) is 8.60. The molecule has 1 atom stereocenters. The maximum absolute atomic E-state index is 14.0. The molecule has 32 heavy (non-hydrogen) atoms. The Balaban J connectivity index is 1.78. The molecule has 174 valence electrons. The highest BCUT2D eigenvalue weighted by Gasteiger charge is 2.24. The number of halogens is 2. The lowest BCUT2D eigenvalue weighted by atomic mass is 10.1. The summed E-state index contributed by atoms with van der Waals surface area (Å²) in [7, 11) is -2.56. The van der Waals surface area contributed by atoms with Crippen molar-refractivity contribution in [3.8, 4) is 5.75 Å². The van der Waals surface area contributed by atoms with Gasteiger partial charge in [-0.05, 0) is 55.7 Å². The summed E-state index contributed by atoms with van der Waals surface area (Å²) in [5.74, 6) is -0.798. The van der Waals surface area contributed by atoms with Crippen molar-refractivity contribution in [2.24, 2.45) is 0 Å². The lowest BCUT2D eigenvalue weighted by Crippen LogP contribution is -2.33. The van der Waals surface area contributed by atoms with E-state index in [0.29, 0.717) is 18.7 Å². The van der Waals surface area contributed by atoms with Crippen molar-refractivity contribution >= 4 is 27.5 Å². The van der Waals surface area contributed by atoms with Gasteiger partial charge in [0.25, 0.3) is 5.91 Å². The molecular weight excluding hydrogens is 459 g/mol. The molecule has 0 bridgehead atoms. The molecular formula is C22H26ClFN2O5S. The standard InChI is InChI=1S/C22H26ClFN2O5S/c1-3-26(14-15-6-9-20(30-2)19(24)11-15)22(27)16-7-8-18(23)21(12-16)32(28,29)25-13-17-5-4-10-31-17/h6-9,11-12,17,25H,3-5,10,13-14H2,1-2H3. The van der Waals surface area contributed by atoms with E-state index in [1.807, 2.05) is 0 Å². The Morgan fingerprint density at radius 1 is 1.31 bits per heavy atom. The third-order valence-electron chi connectivity index (χ3n) is 5.25. The van der Waals surface area contributed by atoms with Gasteiger partial charge < -0.3 is 14.4 Å². The first kappa shape index (κ1) is 24.4. The topological polar surface area (TPSA) is 84.9 Å². The van der Waals surface area contributed by atoms with Crippen LogP contribution < -0.4 is 9.46 Å². The molecule has 2 aromatic carbocycles. The number of benzene rings is 2. The fourth-order valence-corrected chi connectivity index (χ4v) is 5.06. The number of sulfonamides is 1.